The second-order valence-corrected chi connectivity index (χ2v) is 9.27. The fourth-order valence-corrected chi connectivity index (χ4v) is 4.97. The molecule has 6 rings (SSSR count). The number of rotatable bonds is 4. The van der Waals surface area contributed by atoms with Crippen LogP contribution in [0.25, 0.3) is 11.0 Å². The lowest BCUT2D eigenvalue weighted by Gasteiger charge is -2.28. The number of urea groups is 1. The van der Waals surface area contributed by atoms with Gasteiger partial charge in [-0.2, -0.15) is 0 Å². The number of hydrogen-bond acceptors (Lipinski definition) is 5. The number of fused-ring (bicyclic) bond motifs is 2. The molecule has 2 amide bonds. The van der Waals surface area contributed by atoms with Crippen LogP contribution in [0.5, 0.6) is 0 Å². The summed E-state index contributed by atoms with van der Waals surface area (Å²) in [5, 5.41) is 3.07. The smallest absolute Gasteiger partial charge is 0.329 e. The molecule has 8 nitrogen and oxygen atoms in total. The number of hydrogen-bond donors (Lipinski definition) is 2. The van der Waals surface area contributed by atoms with Crippen molar-refractivity contribution in [2.45, 2.75) is 20.4 Å². The van der Waals surface area contributed by atoms with E-state index in [0.29, 0.717) is 18.4 Å². The van der Waals surface area contributed by atoms with Crippen molar-refractivity contribution in [1.82, 2.24) is 25.1 Å². The van der Waals surface area contributed by atoms with Crippen molar-refractivity contribution in [3.63, 3.8) is 0 Å². The number of aliphatic imine (C=N–C) groups is 1. The lowest BCUT2D eigenvalue weighted by atomic mass is 9.96. The molecule has 2 aromatic carbocycles. The fourth-order valence-electron chi connectivity index (χ4n) is 4.97. The summed E-state index contributed by atoms with van der Waals surface area (Å²) in [4.78, 5) is 32.0. The maximum absolute atomic E-state index is 12.9. The van der Waals surface area contributed by atoms with E-state index in [9.17, 15) is 4.79 Å². The highest BCUT2D eigenvalue weighted by atomic mass is 16.2. The molecule has 33 heavy (non-hydrogen) atoms. The van der Waals surface area contributed by atoms with E-state index in [4.69, 9.17) is 9.98 Å². The van der Waals surface area contributed by atoms with Crippen LogP contribution in [0.15, 0.2) is 65.5 Å². The van der Waals surface area contributed by atoms with Crippen molar-refractivity contribution in [3.05, 3.63) is 71.9 Å². The number of likely N-dealkylation sites (tertiary alicyclic amines) is 1. The number of carbonyl (C=O) groups is 1. The minimum absolute atomic E-state index is 0.108. The highest BCUT2D eigenvalue weighted by Crippen LogP contribution is 2.30. The van der Waals surface area contributed by atoms with E-state index < -0.39 is 0 Å². The standard InChI is InChI=1S/C25H27N7O/c1-16-7-9-18(10-8-16)31-14-23-28-24(29-25(33)32(23)15-31)19-12-30(11-17(19)2)13-22-26-20-5-3-4-6-21(20)27-22/h3-10,14,17,19H,11-13,15H2,1-2H3,(H,26,27)(H,28,29,33). The predicted octanol–water partition coefficient (Wildman–Crippen LogP) is 3.64. The van der Waals surface area contributed by atoms with Crippen LogP contribution in [0.4, 0.5) is 10.5 Å². The molecule has 168 valence electrons. The highest BCUT2D eigenvalue weighted by molar-refractivity contribution is 6.02. The molecule has 1 aromatic heterocycles. The first-order valence-corrected chi connectivity index (χ1v) is 11.4. The first-order valence-electron chi connectivity index (χ1n) is 11.4. The monoisotopic (exact) mass is 441 g/mol. The van der Waals surface area contributed by atoms with Gasteiger partial charge in [-0.05, 0) is 37.1 Å². The third-order valence-electron chi connectivity index (χ3n) is 6.77. The average molecular weight is 442 g/mol. The first kappa shape index (κ1) is 20.0. The van der Waals surface area contributed by atoms with Gasteiger partial charge in [-0.25, -0.2) is 14.8 Å². The van der Waals surface area contributed by atoms with Crippen LogP contribution in [0.1, 0.15) is 18.3 Å². The zero-order chi connectivity index (χ0) is 22.5. The van der Waals surface area contributed by atoms with Gasteiger partial charge in [0.1, 0.15) is 18.3 Å². The van der Waals surface area contributed by atoms with Crippen LogP contribution < -0.4 is 10.2 Å². The molecule has 0 radical (unpaired) electrons. The Balaban J connectivity index is 1.19. The van der Waals surface area contributed by atoms with Gasteiger partial charge in [-0.1, -0.05) is 36.8 Å². The number of aromatic amines is 1. The van der Waals surface area contributed by atoms with Gasteiger partial charge < -0.3 is 9.88 Å². The van der Waals surface area contributed by atoms with Crippen molar-refractivity contribution < 1.29 is 4.79 Å². The Morgan fingerprint density at radius 1 is 1.09 bits per heavy atom. The molecule has 2 atom stereocenters. The van der Waals surface area contributed by atoms with Crippen LogP contribution in [-0.4, -0.2) is 51.4 Å². The summed E-state index contributed by atoms with van der Waals surface area (Å²) in [6.07, 6.45) is 1.97. The molecule has 2 unspecified atom stereocenters. The van der Waals surface area contributed by atoms with Crippen LogP contribution >= 0.6 is 0 Å². The average Bonchev–Trinajstić information content (AvgIpc) is 3.50. The Labute approximate surface area is 192 Å². The van der Waals surface area contributed by atoms with E-state index in [1.165, 1.54) is 5.56 Å². The summed E-state index contributed by atoms with van der Waals surface area (Å²) < 4.78 is 0. The van der Waals surface area contributed by atoms with Crippen molar-refractivity contribution >= 4 is 28.6 Å². The number of nitrogens with one attached hydrogen (secondary N) is 2. The van der Waals surface area contributed by atoms with Crippen LogP contribution in [0, 0.1) is 18.8 Å². The third-order valence-corrected chi connectivity index (χ3v) is 6.77. The van der Waals surface area contributed by atoms with E-state index in [2.05, 4.69) is 64.3 Å². The van der Waals surface area contributed by atoms with Crippen molar-refractivity contribution in [1.29, 1.82) is 0 Å². The molecule has 1 fully saturated rings. The molecule has 0 spiro atoms. The minimum Gasteiger partial charge on any atom is -0.341 e. The van der Waals surface area contributed by atoms with Gasteiger partial charge in [-0.15, -0.1) is 0 Å². The van der Waals surface area contributed by atoms with Gasteiger partial charge in [0.2, 0.25) is 0 Å². The number of benzene rings is 2. The molecule has 1 saturated heterocycles. The largest absolute Gasteiger partial charge is 0.341 e. The molecule has 3 aliphatic heterocycles. The van der Waals surface area contributed by atoms with Crippen molar-refractivity contribution in [2.75, 3.05) is 24.7 Å². The van der Waals surface area contributed by atoms with Gasteiger partial charge in [-0.3, -0.25) is 15.1 Å². The Hall–Kier alpha value is -3.65. The first-order chi connectivity index (χ1) is 16.0. The van der Waals surface area contributed by atoms with Gasteiger partial charge in [0.25, 0.3) is 0 Å². The van der Waals surface area contributed by atoms with Crippen LogP contribution in [-0.2, 0) is 6.54 Å². The fraction of sp³-hybridized carbons (Fsp3) is 0.320. The number of nitrogens with zero attached hydrogens (tertiary/aromatic N) is 5. The quantitative estimate of drug-likeness (QED) is 0.648. The normalized spacial score (nSPS) is 23.0. The van der Waals surface area contributed by atoms with Gasteiger partial charge in [0, 0.05) is 30.9 Å². The number of carbonyl (C=O) groups excluding carboxylic acids is 1. The number of amidine groups is 1. The summed E-state index contributed by atoms with van der Waals surface area (Å²) in [5.41, 5.74) is 4.32. The number of aromatic nitrogens is 2. The van der Waals surface area contributed by atoms with E-state index >= 15 is 0 Å². The maximum atomic E-state index is 12.9. The molecule has 8 heteroatoms. The Bertz CT molecular complexity index is 1240. The second-order valence-electron chi connectivity index (χ2n) is 9.27. The summed E-state index contributed by atoms with van der Waals surface area (Å²) in [7, 11) is 0. The van der Waals surface area contributed by atoms with Gasteiger partial charge >= 0.3 is 6.03 Å². The SMILES string of the molecule is Cc1ccc(N2C=C3N=C(C4CN(Cc5nc6ccccc6[nH]5)CC4C)NC(=O)N3C2)cc1. The topological polar surface area (TPSA) is 79.9 Å². The molecule has 3 aliphatic rings. The molecule has 2 N–H and O–H groups in total. The zero-order valence-corrected chi connectivity index (χ0v) is 18.8. The molecular weight excluding hydrogens is 414 g/mol. The summed E-state index contributed by atoms with van der Waals surface area (Å²) in [6, 6.07) is 16.3. The summed E-state index contributed by atoms with van der Waals surface area (Å²) in [6.45, 7) is 7.30. The van der Waals surface area contributed by atoms with E-state index in [-0.39, 0.29) is 11.9 Å². The van der Waals surface area contributed by atoms with Gasteiger partial charge in [0.05, 0.1) is 17.6 Å². The molecular formula is C25H27N7O. The Kier molecular flexibility index (Phi) is 4.69. The number of para-hydroxylation sites is 2. The molecule has 0 bridgehead atoms. The lowest BCUT2D eigenvalue weighted by molar-refractivity contribution is 0.216. The predicted molar refractivity (Wildman–Crippen MR) is 128 cm³/mol. The lowest BCUT2D eigenvalue weighted by Crippen LogP contribution is -2.49. The van der Waals surface area contributed by atoms with Crippen molar-refractivity contribution in [3.8, 4) is 0 Å². The number of anilines is 1. The van der Waals surface area contributed by atoms with Gasteiger partial charge in [0.15, 0.2) is 5.82 Å². The number of imidazole rings is 1. The number of amides is 2. The van der Waals surface area contributed by atoms with E-state index in [1.807, 2.05) is 24.4 Å². The van der Waals surface area contributed by atoms with Crippen molar-refractivity contribution in [2.24, 2.45) is 16.8 Å². The third kappa shape index (κ3) is 3.66. The van der Waals surface area contributed by atoms with Crippen LogP contribution in [0.3, 0.4) is 0 Å². The maximum Gasteiger partial charge on any atom is 0.329 e. The van der Waals surface area contributed by atoms with E-state index in [1.54, 1.807) is 4.90 Å². The molecule has 0 aliphatic carbocycles. The molecule has 0 saturated carbocycles. The number of aryl methyl sites for hydroxylation is 1. The number of H-pyrrole nitrogens is 1. The molecule has 3 aromatic rings. The minimum atomic E-state index is -0.108. The molecule has 4 heterocycles. The zero-order valence-electron chi connectivity index (χ0n) is 18.8. The highest BCUT2D eigenvalue weighted by Gasteiger charge is 2.39. The second kappa shape index (κ2) is 7.74. The van der Waals surface area contributed by atoms with Crippen LogP contribution in [0.2, 0.25) is 0 Å². The van der Waals surface area contributed by atoms with E-state index in [0.717, 1.165) is 48.0 Å². The summed E-state index contributed by atoms with van der Waals surface area (Å²) in [5.74, 6) is 3.01. The Morgan fingerprint density at radius 3 is 2.73 bits per heavy atom. The summed E-state index contributed by atoms with van der Waals surface area (Å²) >= 11 is 0. The Morgan fingerprint density at radius 2 is 1.91 bits per heavy atom.